The van der Waals surface area contributed by atoms with Crippen LogP contribution >= 0.6 is 0 Å². The van der Waals surface area contributed by atoms with Crippen molar-refractivity contribution in [2.75, 3.05) is 7.11 Å². The maximum absolute atomic E-state index is 10.3. The quantitative estimate of drug-likeness (QED) is 0.218. The molecule has 0 aliphatic heterocycles. The van der Waals surface area contributed by atoms with Crippen molar-refractivity contribution in [2.45, 2.75) is 24.9 Å². The largest absolute Gasteiger partial charge is 0.391 e. The molecule has 0 aromatic carbocycles. The summed E-state index contributed by atoms with van der Waals surface area (Å²) in [6.45, 7) is 1.46. The van der Waals surface area contributed by atoms with Crippen molar-refractivity contribution in [3.05, 3.63) is 23.5 Å². The van der Waals surface area contributed by atoms with Gasteiger partial charge in [0.15, 0.2) is 5.72 Å². The summed E-state index contributed by atoms with van der Waals surface area (Å²) >= 11 is 0. The predicted molar refractivity (Wildman–Crippen MR) is 70.9 cm³/mol. The highest BCUT2D eigenvalue weighted by molar-refractivity contribution is 5.99. The molecule has 0 bridgehead atoms. The number of hydrogen-bond donors (Lipinski definition) is 6. The Morgan fingerprint density at radius 2 is 2.26 bits per heavy atom. The van der Waals surface area contributed by atoms with Gasteiger partial charge in [-0.15, -0.1) is 0 Å². The van der Waals surface area contributed by atoms with Gasteiger partial charge in [-0.05, 0) is 19.1 Å². The lowest BCUT2D eigenvalue weighted by atomic mass is 10.00. The summed E-state index contributed by atoms with van der Waals surface area (Å²) in [6, 6.07) is 3.07. The van der Waals surface area contributed by atoms with E-state index < -0.39 is 17.9 Å². The average Bonchev–Trinajstić information content (AvgIpc) is 2.79. The zero-order valence-electron chi connectivity index (χ0n) is 10.8. The number of aliphatic hydroxyl groups is 2. The molecular formula is C11H19N5O3. The lowest BCUT2D eigenvalue weighted by molar-refractivity contribution is -0.141. The van der Waals surface area contributed by atoms with Crippen molar-refractivity contribution >= 4 is 12.2 Å². The number of nitrogens with zero attached hydrogens (tertiary/aromatic N) is 1. The number of ether oxygens (including phenoxy) is 1. The first-order valence-electron chi connectivity index (χ1n) is 5.58. The van der Waals surface area contributed by atoms with Crippen LogP contribution in [0.3, 0.4) is 0 Å². The molecule has 1 rings (SSSR count). The van der Waals surface area contributed by atoms with Crippen LogP contribution in [0.25, 0.3) is 0 Å². The number of aromatic amines is 1. The minimum atomic E-state index is -1.91. The van der Waals surface area contributed by atoms with Crippen molar-refractivity contribution in [1.82, 2.24) is 4.98 Å². The molecule has 0 fully saturated rings. The Balaban J connectivity index is 3.09. The summed E-state index contributed by atoms with van der Waals surface area (Å²) in [6.07, 6.45) is -1.18. The number of methoxy groups -OCH3 is 1. The van der Waals surface area contributed by atoms with E-state index >= 15 is 0 Å². The van der Waals surface area contributed by atoms with E-state index in [0.717, 1.165) is 6.34 Å². The molecule has 0 aliphatic carbocycles. The zero-order valence-corrected chi connectivity index (χ0v) is 10.8. The van der Waals surface area contributed by atoms with Crippen molar-refractivity contribution in [2.24, 2.45) is 16.5 Å². The molecule has 0 amide bonds. The molecular weight excluding hydrogens is 250 g/mol. The Hall–Kier alpha value is -1.74. The number of aliphatic hydroxyl groups excluding tert-OH is 1. The second kappa shape index (κ2) is 5.93. The van der Waals surface area contributed by atoms with Gasteiger partial charge in [-0.3, -0.25) is 11.1 Å². The first-order chi connectivity index (χ1) is 8.84. The molecule has 2 unspecified atom stereocenters. The van der Waals surface area contributed by atoms with Gasteiger partial charge >= 0.3 is 0 Å². The Bertz CT molecular complexity index is 467. The lowest BCUT2D eigenvalue weighted by Gasteiger charge is -2.32. The van der Waals surface area contributed by atoms with E-state index in [4.69, 9.17) is 21.6 Å². The minimum Gasteiger partial charge on any atom is -0.391 e. The number of H-pyrrole nitrogens is 1. The third-order valence-electron chi connectivity index (χ3n) is 2.72. The van der Waals surface area contributed by atoms with Crippen molar-refractivity contribution in [1.29, 1.82) is 5.41 Å². The summed E-state index contributed by atoms with van der Waals surface area (Å²) in [7, 11) is 1.34. The van der Waals surface area contributed by atoms with Crippen LogP contribution in [0.2, 0.25) is 0 Å². The van der Waals surface area contributed by atoms with Crippen LogP contribution < -0.4 is 11.5 Å². The fraction of sp³-hybridized carbons (Fsp3) is 0.455. The average molecular weight is 269 g/mol. The summed E-state index contributed by atoms with van der Waals surface area (Å²) in [5.41, 5.74) is 10.1. The van der Waals surface area contributed by atoms with E-state index in [-0.39, 0.29) is 11.5 Å². The lowest BCUT2D eigenvalue weighted by Crippen LogP contribution is -2.53. The smallest absolute Gasteiger partial charge is 0.183 e. The Kier molecular flexibility index (Phi) is 4.78. The highest BCUT2D eigenvalue weighted by Gasteiger charge is 2.39. The van der Waals surface area contributed by atoms with Gasteiger partial charge in [0.2, 0.25) is 0 Å². The van der Waals surface area contributed by atoms with Crippen molar-refractivity contribution in [3.8, 4) is 0 Å². The molecule has 0 radical (unpaired) electrons. The van der Waals surface area contributed by atoms with Gasteiger partial charge in [-0.1, -0.05) is 0 Å². The molecule has 0 saturated carbocycles. The third-order valence-corrected chi connectivity index (χ3v) is 2.72. The molecule has 0 spiro atoms. The first kappa shape index (κ1) is 15.3. The van der Waals surface area contributed by atoms with Crippen LogP contribution in [0, 0.1) is 5.41 Å². The summed E-state index contributed by atoms with van der Waals surface area (Å²) < 4.78 is 5.01. The summed E-state index contributed by atoms with van der Waals surface area (Å²) in [5, 5.41) is 26.7. The molecule has 19 heavy (non-hydrogen) atoms. The van der Waals surface area contributed by atoms with Crippen LogP contribution in [0.5, 0.6) is 0 Å². The van der Waals surface area contributed by atoms with E-state index in [1.165, 1.54) is 20.1 Å². The molecule has 1 heterocycles. The van der Waals surface area contributed by atoms with E-state index in [9.17, 15) is 10.2 Å². The number of aliphatic imine (C=N–C) groups is 1. The molecule has 0 aliphatic rings. The molecule has 1 aromatic rings. The highest BCUT2D eigenvalue weighted by Crippen LogP contribution is 2.23. The van der Waals surface area contributed by atoms with E-state index in [1.807, 2.05) is 0 Å². The van der Waals surface area contributed by atoms with Crippen LogP contribution in [0.15, 0.2) is 17.1 Å². The topological polar surface area (TPSA) is 154 Å². The molecule has 3 atom stereocenters. The van der Waals surface area contributed by atoms with E-state index in [1.54, 1.807) is 6.07 Å². The SMILES string of the molecule is CO[C@H](C(C)O)C(N)(O)c1ccc(C(N)=NC=N)[nH]1. The molecule has 0 saturated heterocycles. The summed E-state index contributed by atoms with van der Waals surface area (Å²) in [4.78, 5) is 6.37. The second-order valence-electron chi connectivity index (χ2n) is 4.15. The zero-order chi connectivity index (χ0) is 14.6. The number of nitrogens with two attached hydrogens (primary N) is 2. The number of rotatable bonds is 6. The van der Waals surface area contributed by atoms with Gasteiger partial charge in [0.25, 0.3) is 0 Å². The van der Waals surface area contributed by atoms with Crippen molar-refractivity contribution < 1.29 is 14.9 Å². The highest BCUT2D eigenvalue weighted by atomic mass is 16.5. The number of aromatic nitrogens is 1. The summed E-state index contributed by atoms with van der Waals surface area (Å²) in [5.74, 6) is 0.0862. The monoisotopic (exact) mass is 269 g/mol. The van der Waals surface area contributed by atoms with Crippen LogP contribution in [-0.2, 0) is 10.5 Å². The molecule has 8 nitrogen and oxygen atoms in total. The molecule has 106 valence electrons. The Morgan fingerprint density at radius 3 is 2.74 bits per heavy atom. The van der Waals surface area contributed by atoms with Gasteiger partial charge in [-0.2, -0.15) is 0 Å². The standard InChI is InChI=1S/C11H19N5O3/c1-6(17)9(19-2)11(14,18)8-4-3-7(16-8)10(13)15-5-12/h3-6,9,16-18H,14H2,1-2H3,(H3,12,13,15)/t6?,9-,11?/m1/s1. The second-order valence-corrected chi connectivity index (χ2v) is 4.15. The third kappa shape index (κ3) is 3.18. The molecule has 1 aromatic heterocycles. The maximum Gasteiger partial charge on any atom is 0.183 e. The van der Waals surface area contributed by atoms with Gasteiger partial charge in [0, 0.05) is 7.11 Å². The number of amidine groups is 1. The fourth-order valence-corrected chi connectivity index (χ4v) is 1.81. The first-order valence-corrected chi connectivity index (χ1v) is 5.58. The Labute approximate surface area is 110 Å². The van der Waals surface area contributed by atoms with Gasteiger partial charge in [0.05, 0.1) is 17.5 Å². The fourth-order valence-electron chi connectivity index (χ4n) is 1.81. The van der Waals surface area contributed by atoms with Gasteiger partial charge < -0.3 is 25.7 Å². The number of hydrogen-bond acceptors (Lipinski definition) is 5. The minimum absolute atomic E-state index is 0.0862. The normalized spacial score (nSPS) is 18.7. The van der Waals surface area contributed by atoms with Crippen LogP contribution in [0.4, 0.5) is 0 Å². The predicted octanol–water partition coefficient (Wildman–Crippen LogP) is -1.17. The molecule has 8 N–H and O–H groups in total. The van der Waals surface area contributed by atoms with Gasteiger partial charge in [-0.25, -0.2) is 4.99 Å². The van der Waals surface area contributed by atoms with Gasteiger partial charge in [0.1, 0.15) is 18.3 Å². The molecule has 8 heteroatoms. The maximum atomic E-state index is 10.3. The van der Waals surface area contributed by atoms with Crippen molar-refractivity contribution in [3.63, 3.8) is 0 Å². The number of nitrogens with one attached hydrogen (secondary N) is 2. The van der Waals surface area contributed by atoms with Crippen LogP contribution in [-0.4, -0.2) is 46.7 Å². The van der Waals surface area contributed by atoms with E-state index in [2.05, 4.69) is 9.98 Å². The van der Waals surface area contributed by atoms with E-state index in [0.29, 0.717) is 5.69 Å². The Morgan fingerprint density at radius 1 is 1.63 bits per heavy atom. The van der Waals surface area contributed by atoms with Crippen LogP contribution in [0.1, 0.15) is 18.3 Å².